The molecule has 0 aliphatic carbocycles. The Balaban J connectivity index is 1.24. The summed E-state index contributed by atoms with van der Waals surface area (Å²) in [5.41, 5.74) is 2.36. The second-order valence-electron chi connectivity index (χ2n) is 14.1. The van der Waals surface area contributed by atoms with E-state index in [1.165, 1.54) is 0 Å². The Kier molecular flexibility index (Phi) is 10.4. The summed E-state index contributed by atoms with van der Waals surface area (Å²) in [6, 6.07) is 23.1. The Morgan fingerprint density at radius 3 is 2.38 bits per heavy atom. The van der Waals surface area contributed by atoms with Gasteiger partial charge in [0.15, 0.2) is 5.78 Å². The molecule has 1 spiro atoms. The third-order valence-electron chi connectivity index (χ3n) is 10.2. The molecule has 0 radical (unpaired) electrons. The highest BCUT2D eigenvalue weighted by Crippen LogP contribution is 2.54. The smallest absolute Gasteiger partial charge is 0.407 e. The predicted octanol–water partition coefficient (Wildman–Crippen LogP) is 7.93. The fraction of sp³-hybridized carbons (Fsp3) is 0.450. The summed E-state index contributed by atoms with van der Waals surface area (Å²) in [6.45, 7) is 14.2. The van der Waals surface area contributed by atoms with E-state index in [0.717, 1.165) is 29.7 Å². The minimum Gasteiger partial charge on any atom is -0.463 e. The number of para-hydroxylation sites is 1. The molecule has 2 heterocycles. The van der Waals surface area contributed by atoms with Crippen molar-refractivity contribution in [2.24, 2.45) is 0 Å². The SMILES string of the molecule is CCC(C)(CCNC(=O)OCCN1c2ccccc2C(C)(C)C12C=Cc1cc(C(=O)c3ccccc3)ccc1O2)OCCC(C)(C)OC. The molecule has 0 saturated carbocycles. The number of fused-ring (bicyclic) bond motifs is 2. The van der Waals surface area contributed by atoms with Gasteiger partial charge in [-0.3, -0.25) is 4.79 Å². The second kappa shape index (κ2) is 14.1. The number of methoxy groups -OCH3 is 1. The predicted molar refractivity (Wildman–Crippen MR) is 190 cm³/mol. The first-order valence-corrected chi connectivity index (χ1v) is 16.9. The van der Waals surface area contributed by atoms with E-state index in [0.29, 0.717) is 43.0 Å². The highest BCUT2D eigenvalue weighted by Gasteiger charge is 2.58. The zero-order chi connectivity index (χ0) is 34.6. The molecule has 2 unspecified atom stereocenters. The zero-order valence-electron chi connectivity index (χ0n) is 29.4. The van der Waals surface area contributed by atoms with Gasteiger partial charge in [0.25, 0.3) is 0 Å². The molecule has 5 rings (SSSR count). The van der Waals surface area contributed by atoms with E-state index in [-0.39, 0.29) is 23.6 Å². The second-order valence-corrected chi connectivity index (χ2v) is 14.1. The van der Waals surface area contributed by atoms with Crippen LogP contribution in [0, 0.1) is 0 Å². The summed E-state index contributed by atoms with van der Waals surface area (Å²) < 4.78 is 24.3. The van der Waals surface area contributed by atoms with Gasteiger partial charge < -0.3 is 29.2 Å². The van der Waals surface area contributed by atoms with E-state index in [1.54, 1.807) is 7.11 Å². The van der Waals surface area contributed by atoms with Crippen LogP contribution < -0.4 is 15.0 Å². The van der Waals surface area contributed by atoms with Crippen molar-refractivity contribution < 1.29 is 28.5 Å². The van der Waals surface area contributed by atoms with E-state index in [4.69, 9.17) is 18.9 Å². The molecule has 1 amide bonds. The number of nitrogens with zero attached hydrogens (tertiary/aromatic N) is 1. The van der Waals surface area contributed by atoms with Gasteiger partial charge >= 0.3 is 6.09 Å². The fourth-order valence-electron chi connectivity index (χ4n) is 6.49. The molecule has 3 aromatic rings. The Labute approximate surface area is 285 Å². The first-order valence-electron chi connectivity index (χ1n) is 16.9. The highest BCUT2D eigenvalue weighted by atomic mass is 16.6. The van der Waals surface area contributed by atoms with Crippen LogP contribution >= 0.6 is 0 Å². The van der Waals surface area contributed by atoms with Gasteiger partial charge in [0, 0.05) is 36.0 Å². The molecule has 2 aliphatic heterocycles. The molecular formula is C40H50N2O6. The normalized spacial score (nSPS) is 18.9. The maximum Gasteiger partial charge on any atom is 0.407 e. The Morgan fingerprint density at radius 2 is 1.65 bits per heavy atom. The molecule has 8 nitrogen and oxygen atoms in total. The molecule has 256 valence electrons. The minimum atomic E-state index is -0.869. The number of hydrogen-bond acceptors (Lipinski definition) is 7. The van der Waals surface area contributed by atoms with Crippen molar-refractivity contribution in [1.82, 2.24) is 5.32 Å². The Hall–Kier alpha value is -4.14. The average Bonchev–Trinajstić information content (AvgIpc) is 3.26. The molecule has 48 heavy (non-hydrogen) atoms. The largest absolute Gasteiger partial charge is 0.463 e. The summed E-state index contributed by atoms with van der Waals surface area (Å²) in [4.78, 5) is 28.1. The number of alkyl carbamates (subject to hydrolysis) is 1. The number of hydrogen-bond donors (Lipinski definition) is 1. The van der Waals surface area contributed by atoms with Gasteiger partial charge in [0.2, 0.25) is 5.72 Å². The van der Waals surface area contributed by atoms with Gasteiger partial charge in [-0.25, -0.2) is 4.79 Å². The highest BCUT2D eigenvalue weighted by molar-refractivity contribution is 6.09. The molecule has 3 aromatic carbocycles. The molecule has 2 aliphatic rings. The van der Waals surface area contributed by atoms with Crippen LogP contribution in [-0.2, 0) is 19.6 Å². The Morgan fingerprint density at radius 1 is 0.917 bits per heavy atom. The first-order chi connectivity index (χ1) is 22.8. The lowest BCUT2D eigenvalue weighted by Crippen LogP contribution is -2.60. The quantitative estimate of drug-likeness (QED) is 0.177. The summed E-state index contributed by atoms with van der Waals surface area (Å²) in [7, 11) is 1.71. The van der Waals surface area contributed by atoms with Gasteiger partial charge in [-0.15, -0.1) is 0 Å². The maximum absolute atomic E-state index is 13.1. The monoisotopic (exact) mass is 654 g/mol. The van der Waals surface area contributed by atoms with Crippen molar-refractivity contribution in [3.05, 3.63) is 101 Å². The molecule has 0 aromatic heterocycles. The lowest BCUT2D eigenvalue weighted by Gasteiger charge is -2.47. The van der Waals surface area contributed by atoms with Crippen LogP contribution in [0.15, 0.2) is 78.9 Å². The number of carbonyl (C=O) groups excluding carboxylic acids is 2. The number of ketones is 1. The first kappa shape index (κ1) is 35.2. The lowest BCUT2D eigenvalue weighted by atomic mass is 9.76. The molecule has 0 bridgehead atoms. The van der Waals surface area contributed by atoms with Crippen LogP contribution in [-0.4, -0.2) is 62.2 Å². The number of anilines is 1. The van der Waals surface area contributed by atoms with Gasteiger partial charge in [0.05, 0.1) is 29.8 Å². The number of nitrogens with one attached hydrogen (secondary N) is 1. The van der Waals surface area contributed by atoms with Crippen LogP contribution in [0.3, 0.4) is 0 Å². The number of carbonyl (C=O) groups is 2. The molecule has 8 heteroatoms. The van der Waals surface area contributed by atoms with Crippen molar-refractivity contribution in [1.29, 1.82) is 0 Å². The lowest BCUT2D eigenvalue weighted by molar-refractivity contribution is -0.0710. The molecular weight excluding hydrogens is 604 g/mol. The minimum absolute atomic E-state index is 0.0318. The summed E-state index contributed by atoms with van der Waals surface area (Å²) in [6.07, 6.45) is 5.93. The van der Waals surface area contributed by atoms with Crippen LogP contribution in [0.5, 0.6) is 5.75 Å². The van der Waals surface area contributed by atoms with Gasteiger partial charge in [-0.05, 0) is 95.9 Å². The zero-order valence-corrected chi connectivity index (χ0v) is 29.4. The molecule has 0 saturated heterocycles. The molecule has 2 atom stereocenters. The summed E-state index contributed by atoms with van der Waals surface area (Å²) >= 11 is 0. The van der Waals surface area contributed by atoms with Crippen LogP contribution in [0.1, 0.15) is 87.9 Å². The molecule has 0 fully saturated rings. The van der Waals surface area contributed by atoms with Gasteiger partial charge in [0.1, 0.15) is 12.4 Å². The topological polar surface area (TPSA) is 86.3 Å². The van der Waals surface area contributed by atoms with Gasteiger partial charge in [-0.2, -0.15) is 0 Å². The van der Waals surface area contributed by atoms with Crippen LogP contribution in [0.2, 0.25) is 0 Å². The number of rotatable bonds is 14. The van der Waals surface area contributed by atoms with E-state index >= 15 is 0 Å². The summed E-state index contributed by atoms with van der Waals surface area (Å²) in [5.74, 6) is 0.661. The fourth-order valence-corrected chi connectivity index (χ4v) is 6.49. The van der Waals surface area contributed by atoms with E-state index < -0.39 is 17.2 Å². The van der Waals surface area contributed by atoms with Crippen LogP contribution in [0.4, 0.5) is 10.5 Å². The van der Waals surface area contributed by atoms with Crippen LogP contribution in [0.25, 0.3) is 6.08 Å². The number of ether oxygens (including phenoxy) is 4. The standard InChI is InChI=1S/C40H50N2O6/c1-8-39(6,47-26-23-37(2,3)45-7)22-24-41-36(44)46-27-25-42-33-17-13-12-16-32(33)38(4,5)40(42)21-20-30-28-31(18-19-34(30)48-40)35(43)29-14-10-9-11-15-29/h9-21,28H,8,22-27H2,1-7H3,(H,41,44). The van der Waals surface area contributed by atoms with Crippen molar-refractivity contribution in [2.45, 2.75) is 83.1 Å². The third-order valence-corrected chi connectivity index (χ3v) is 10.2. The van der Waals surface area contributed by atoms with E-state index in [2.05, 4.69) is 56.1 Å². The van der Waals surface area contributed by atoms with Crippen molar-refractivity contribution >= 4 is 23.6 Å². The molecule has 1 N–H and O–H groups in total. The maximum atomic E-state index is 13.1. The average molecular weight is 655 g/mol. The van der Waals surface area contributed by atoms with E-state index in [1.807, 2.05) is 80.6 Å². The van der Waals surface area contributed by atoms with Crippen molar-refractivity contribution in [3.63, 3.8) is 0 Å². The van der Waals surface area contributed by atoms with Crippen molar-refractivity contribution in [3.8, 4) is 5.75 Å². The van der Waals surface area contributed by atoms with E-state index in [9.17, 15) is 9.59 Å². The van der Waals surface area contributed by atoms with Crippen molar-refractivity contribution in [2.75, 3.05) is 38.3 Å². The Bertz CT molecular complexity index is 1630. The van der Waals surface area contributed by atoms with Gasteiger partial charge in [-0.1, -0.05) is 55.5 Å². The summed E-state index contributed by atoms with van der Waals surface area (Å²) in [5, 5.41) is 2.90. The number of benzene rings is 3. The third kappa shape index (κ3) is 7.15. The number of amides is 1.